The molecule has 0 aliphatic carbocycles. The van der Waals surface area contributed by atoms with Crippen LogP contribution in [0.5, 0.6) is 17.2 Å². The molecular weight excluding hydrogens is 547 g/mol. The van der Waals surface area contributed by atoms with Crippen molar-refractivity contribution in [3.05, 3.63) is 65.5 Å². The van der Waals surface area contributed by atoms with Crippen LogP contribution in [0.3, 0.4) is 0 Å². The molecule has 0 atom stereocenters. The number of aryl methyl sites for hydroxylation is 1. The molecule has 3 aromatic rings. The number of benzene rings is 3. The summed E-state index contributed by atoms with van der Waals surface area (Å²) in [5, 5.41) is 0. The van der Waals surface area contributed by atoms with Crippen molar-refractivity contribution in [1.29, 1.82) is 0 Å². The first-order chi connectivity index (χ1) is 19.2. The van der Waals surface area contributed by atoms with Gasteiger partial charge in [-0.2, -0.15) is 8.42 Å². The Balaban J connectivity index is 1.87. The minimum absolute atomic E-state index is 0.0266. The first-order valence-electron chi connectivity index (χ1n) is 13.3. The van der Waals surface area contributed by atoms with Crippen molar-refractivity contribution in [3.8, 4) is 28.4 Å². The van der Waals surface area contributed by atoms with Gasteiger partial charge in [0.05, 0.1) is 24.2 Å². The number of nitrogens with zero attached hydrogens (tertiary/aromatic N) is 2. The van der Waals surface area contributed by atoms with Gasteiger partial charge in [-0.3, -0.25) is 4.79 Å². The van der Waals surface area contributed by atoms with Crippen molar-refractivity contribution in [1.82, 2.24) is 0 Å². The standard InChI is InChI=1S/C31H37FN2O6S/c1-19(2)18-41(36,37)40-22-11-12-24(28(16-22)38-8)23-13-14-26-29(33(6)30(35)31(4,5)34(26)7)25(23)17-39-27-15-21(32)10-9-20(27)3/h9-16,19H,17-18H2,1-8H3. The van der Waals surface area contributed by atoms with Crippen molar-refractivity contribution in [2.75, 3.05) is 36.8 Å². The summed E-state index contributed by atoms with van der Waals surface area (Å²) < 4.78 is 56.1. The van der Waals surface area contributed by atoms with Gasteiger partial charge < -0.3 is 23.5 Å². The maximum absolute atomic E-state index is 14.1. The Kier molecular flexibility index (Phi) is 8.27. The van der Waals surface area contributed by atoms with Crippen LogP contribution in [-0.4, -0.2) is 46.8 Å². The zero-order chi connectivity index (χ0) is 30.3. The molecule has 0 N–H and O–H groups in total. The second kappa shape index (κ2) is 11.2. The molecule has 8 nitrogen and oxygen atoms in total. The summed E-state index contributed by atoms with van der Waals surface area (Å²) in [7, 11) is 1.29. The van der Waals surface area contributed by atoms with Crippen LogP contribution < -0.4 is 23.5 Å². The molecule has 220 valence electrons. The Morgan fingerprint density at radius 3 is 2.32 bits per heavy atom. The first-order valence-corrected chi connectivity index (χ1v) is 14.9. The topological polar surface area (TPSA) is 85.4 Å². The van der Waals surface area contributed by atoms with Crippen LogP contribution in [-0.2, 0) is 21.5 Å². The Morgan fingerprint density at radius 1 is 0.976 bits per heavy atom. The van der Waals surface area contributed by atoms with Crippen molar-refractivity contribution >= 4 is 27.4 Å². The number of amides is 1. The van der Waals surface area contributed by atoms with Crippen LogP contribution in [0.2, 0.25) is 0 Å². The number of rotatable bonds is 9. The molecule has 1 aliphatic heterocycles. The third-order valence-corrected chi connectivity index (χ3v) is 8.89. The zero-order valence-electron chi connectivity index (χ0n) is 24.7. The molecule has 1 amide bonds. The highest BCUT2D eigenvalue weighted by molar-refractivity contribution is 7.87. The number of hydrogen-bond acceptors (Lipinski definition) is 7. The van der Waals surface area contributed by atoms with Gasteiger partial charge in [0.1, 0.15) is 35.2 Å². The molecule has 10 heteroatoms. The summed E-state index contributed by atoms with van der Waals surface area (Å²) in [5.41, 5.74) is 3.51. The number of likely N-dealkylation sites (N-methyl/N-ethyl adjacent to an activating group) is 2. The van der Waals surface area contributed by atoms with E-state index in [0.29, 0.717) is 33.9 Å². The van der Waals surface area contributed by atoms with Crippen LogP contribution >= 0.6 is 0 Å². The molecular formula is C31H37FN2O6S. The highest BCUT2D eigenvalue weighted by Crippen LogP contribution is 2.47. The zero-order valence-corrected chi connectivity index (χ0v) is 25.6. The highest BCUT2D eigenvalue weighted by atomic mass is 32.2. The molecule has 0 aromatic heterocycles. The van der Waals surface area contributed by atoms with E-state index in [0.717, 1.165) is 11.3 Å². The largest absolute Gasteiger partial charge is 0.496 e. The maximum atomic E-state index is 14.1. The first kappa shape index (κ1) is 30.2. The minimum Gasteiger partial charge on any atom is -0.496 e. The van der Waals surface area contributed by atoms with Crippen LogP contribution in [0, 0.1) is 18.7 Å². The normalized spacial score (nSPS) is 14.7. The summed E-state index contributed by atoms with van der Waals surface area (Å²) in [6, 6.07) is 13.0. The van der Waals surface area contributed by atoms with Crippen molar-refractivity contribution in [3.63, 3.8) is 0 Å². The fourth-order valence-corrected chi connectivity index (χ4v) is 6.32. The maximum Gasteiger partial charge on any atom is 0.309 e. The monoisotopic (exact) mass is 584 g/mol. The van der Waals surface area contributed by atoms with E-state index in [1.54, 1.807) is 44.0 Å². The molecule has 0 saturated heterocycles. The summed E-state index contributed by atoms with van der Waals surface area (Å²) in [6.45, 7) is 9.19. The van der Waals surface area contributed by atoms with Gasteiger partial charge in [0.2, 0.25) is 0 Å². The lowest BCUT2D eigenvalue weighted by Gasteiger charge is -2.46. The second-order valence-electron chi connectivity index (χ2n) is 11.2. The molecule has 1 heterocycles. The van der Waals surface area contributed by atoms with Gasteiger partial charge in [-0.15, -0.1) is 0 Å². The van der Waals surface area contributed by atoms with Crippen molar-refractivity contribution < 1.29 is 31.3 Å². The lowest BCUT2D eigenvalue weighted by molar-refractivity contribution is -0.122. The number of methoxy groups -OCH3 is 1. The van der Waals surface area contributed by atoms with Gasteiger partial charge in [-0.05, 0) is 62.1 Å². The van der Waals surface area contributed by atoms with E-state index >= 15 is 0 Å². The minimum atomic E-state index is -3.79. The van der Waals surface area contributed by atoms with E-state index in [4.69, 9.17) is 13.7 Å². The van der Waals surface area contributed by atoms with Crippen molar-refractivity contribution in [2.45, 2.75) is 46.8 Å². The van der Waals surface area contributed by atoms with Gasteiger partial charge in [0.15, 0.2) is 0 Å². The highest BCUT2D eigenvalue weighted by Gasteiger charge is 2.43. The quantitative estimate of drug-likeness (QED) is 0.288. The van der Waals surface area contributed by atoms with Gasteiger partial charge in [0.25, 0.3) is 5.91 Å². The molecule has 0 radical (unpaired) electrons. The number of carbonyl (C=O) groups excluding carboxylic acids is 1. The number of ether oxygens (including phenoxy) is 2. The fraction of sp³-hybridized carbons (Fsp3) is 0.387. The molecule has 0 spiro atoms. The average Bonchev–Trinajstić information content (AvgIpc) is 2.90. The van der Waals surface area contributed by atoms with Crippen LogP contribution in [0.4, 0.5) is 15.8 Å². The Bertz CT molecular complexity index is 1590. The Labute approximate surface area is 241 Å². The fourth-order valence-electron chi connectivity index (χ4n) is 5.04. The third kappa shape index (κ3) is 5.98. The van der Waals surface area contributed by atoms with E-state index < -0.39 is 21.5 Å². The van der Waals surface area contributed by atoms with E-state index in [1.807, 2.05) is 44.9 Å². The smallest absolute Gasteiger partial charge is 0.309 e. The van der Waals surface area contributed by atoms with E-state index in [1.165, 1.54) is 25.3 Å². The van der Waals surface area contributed by atoms with Crippen LogP contribution in [0.15, 0.2) is 48.5 Å². The van der Waals surface area contributed by atoms with Gasteiger partial charge in [0, 0.05) is 37.4 Å². The van der Waals surface area contributed by atoms with E-state index in [2.05, 4.69) is 0 Å². The Morgan fingerprint density at radius 2 is 1.66 bits per heavy atom. The predicted molar refractivity (Wildman–Crippen MR) is 159 cm³/mol. The van der Waals surface area contributed by atoms with Gasteiger partial charge >= 0.3 is 10.1 Å². The number of halogens is 1. The van der Waals surface area contributed by atoms with Crippen LogP contribution in [0.1, 0.15) is 38.8 Å². The number of fused-ring (bicyclic) bond motifs is 1. The van der Waals surface area contributed by atoms with E-state index in [-0.39, 0.29) is 29.9 Å². The van der Waals surface area contributed by atoms with Crippen LogP contribution in [0.25, 0.3) is 11.1 Å². The SMILES string of the molecule is COc1cc(OS(=O)(=O)CC(C)C)ccc1-c1ccc2c(c1COc1cc(F)ccc1C)N(C)C(=O)C(C)(C)N2C. The van der Waals surface area contributed by atoms with Crippen molar-refractivity contribution in [2.24, 2.45) is 5.92 Å². The molecule has 3 aromatic carbocycles. The summed E-state index contributed by atoms with van der Waals surface area (Å²) in [6.07, 6.45) is 0. The molecule has 4 rings (SSSR count). The lowest BCUT2D eigenvalue weighted by Crippen LogP contribution is -2.58. The molecule has 41 heavy (non-hydrogen) atoms. The summed E-state index contributed by atoms with van der Waals surface area (Å²) >= 11 is 0. The average molecular weight is 585 g/mol. The summed E-state index contributed by atoms with van der Waals surface area (Å²) in [5.74, 6) is 0.169. The molecule has 1 aliphatic rings. The second-order valence-corrected chi connectivity index (χ2v) is 12.8. The van der Waals surface area contributed by atoms with Gasteiger partial charge in [-0.25, -0.2) is 4.39 Å². The third-order valence-electron chi connectivity index (χ3n) is 7.37. The summed E-state index contributed by atoms with van der Waals surface area (Å²) in [4.78, 5) is 17.0. The Hall–Kier alpha value is -3.79. The number of carbonyl (C=O) groups is 1. The number of anilines is 2. The van der Waals surface area contributed by atoms with E-state index in [9.17, 15) is 17.6 Å². The number of hydrogen-bond donors (Lipinski definition) is 0. The molecule has 0 unspecified atom stereocenters. The predicted octanol–water partition coefficient (Wildman–Crippen LogP) is 5.94. The molecule has 0 bridgehead atoms. The molecule has 0 saturated carbocycles. The molecule has 0 fully saturated rings. The lowest BCUT2D eigenvalue weighted by atomic mass is 9.90. The van der Waals surface area contributed by atoms with Gasteiger partial charge in [-0.1, -0.05) is 26.0 Å².